The Morgan fingerprint density at radius 3 is 2.69 bits per heavy atom. The quantitative estimate of drug-likeness (QED) is 0.792. The summed E-state index contributed by atoms with van der Waals surface area (Å²) in [7, 11) is 0. The fraction of sp³-hybridized carbons (Fsp3) is 0.583. The van der Waals surface area contributed by atoms with Gasteiger partial charge < -0.3 is 9.64 Å². The Balaban J connectivity index is 1.87. The first kappa shape index (κ1) is 10.5. The summed E-state index contributed by atoms with van der Waals surface area (Å²) in [5.74, 6) is 1.06. The minimum atomic E-state index is 0.411. The average Bonchev–Trinajstić information content (AvgIpc) is 2.58. The van der Waals surface area contributed by atoms with E-state index >= 15 is 0 Å². The predicted molar refractivity (Wildman–Crippen MR) is 66.8 cm³/mol. The van der Waals surface area contributed by atoms with Gasteiger partial charge in [-0.25, -0.2) is 4.98 Å². The van der Waals surface area contributed by atoms with Crippen LogP contribution in [0.15, 0.2) is 16.7 Å². The number of hydrogen-bond acceptors (Lipinski definition) is 3. The summed E-state index contributed by atoms with van der Waals surface area (Å²) in [5.41, 5.74) is 1.19. The van der Waals surface area contributed by atoms with Crippen molar-refractivity contribution in [1.82, 2.24) is 4.98 Å². The second kappa shape index (κ2) is 4.00. The van der Waals surface area contributed by atoms with Crippen LogP contribution in [0.2, 0.25) is 0 Å². The standard InChI is InChI=1S/C12H15BrN2O/c1-8-4-11(13)12(14-5-8)15-6-9-2-3-10(7-15)16-9/h4-5,9-10H,2-3,6-7H2,1H3. The molecule has 2 unspecified atom stereocenters. The maximum atomic E-state index is 5.83. The van der Waals surface area contributed by atoms with E-state index in [0.29, 0.717) is 12.2 Å². The molecule has 4 heteroatoms. The molecule has 2 aliphatic heterocycles. The second-order valence-electron chi connectivity index (χ2n) is 4.68. The lowest BCUT2D eigenvalue weighted by atomic mass is 10.2. The van der Waals surface area contributed by atoms with Gasteiger partial charge in [0.1, 0.15) is 5.82 Å². The first-order chi connectivity index (χ1) is 7.72. The monoisotopic (exact) mass is 282 g/mol. The number of aryl methyl sites for hydroxylation is 1. The zero-order valence-electron chi connectivity index (χ0n) is 9.32. The molecular weight excluding hydrogens is 268 g/mol. The maximum Gasteiger partial charge on any atom is 0.143 e. The van der Waals surface area contributed by atoms with E-state index < -0.39 is 0 Å². The van der Waals surface area contributed by atoms with Crippen LogP contribution in [0.4, 0.5) is 5.82 Å². The van der Waals surface area contributed by atoms with E-state index in [0.717, 1.165) is 23.4 Å². The summed E-state index contributed by atoms with van der Waals surface area (Å²) in [5, 5.41) is 0. The number of aromatic nitrogens is 1. The predicted octanol–water partition coefficient (Wildman–Crippen LogP) is 2.52. The highest BCUT2D eigenvalue weighted by molar-refractivity contribution is 9.10. The normalized spacial score (nSPS) is 28.5. The number of anilines is 1. The molecule has 2 fully saturated rings. The fourth-order valence-electron chi connectivity index (χ4n) is 2.55. The molecule has 2 saturated heterocycles. The Morgan fingerprint density at radius 1 is 1.38 bits per heavy atom. The van der Waals surface area contributed by atoms with Crippen molar-refractivity contribution in [3.05, 3.63) is 22.3 Å². The number of ether oxygens (including phenoxy) is 1. The zero-order valence-corrected chi connectivity index (χ0v) is 10.9. The topological polar surface area (TPSA) is 25.4 Å². The van der Waals surface area contributed by atoms with Gasteiger partial charge in [0.15, 0.2) is 0 Å². The van der Waals surface area contributed by atoms with Crippen LogP contribution in [-0.4, -0.2) is 30.3 Å². The third-order valence-electron chi connectivity index (χ3n) is 3.30. The number of halogens is 1. The van der Waals surface area contributed by atoms with Gasteiger partial charge in [0.2, 0.25) is 0 Å². The molecular formula is C12H15BrN2O. The van der Waals surface area contributed by atoms with E-state index in [9.17, 15) is 0 Å². The van der Waals surface area contributed by atoms with Gasteiger partial charge in [-0.05, 0) is 47.3 Å². The maximum absolute atomic E-state index is 5.83. The molecule has 0 aromatic carbocycles. The van der Waals surface area contributed by atoms with Crippen molar-refractivity contribution in [3.8, 4) is 0 Å². The lowest BCUT2D eigenvalue weighted by Crippen LogP contribution is -2.43. The van der Waals surface area contributed by atoms with Crippen LogP contribution >= 0.6 is 15.9 Å². The van der Waals surface area contributed by atoms with Gasteiger partial charge in [0.05, 0.1) is 16.7 Å². The third kappa shape index (κ3) is 1.84. The van der Waals surface area contributed by atoms with Crippen LogP contribution in [0.25, 0.3) is 0 Å². The van der Waals surface area contributed by atoms with Crippen LogP contribution in [0.3, 0.4) is 0 Å². The first-order valence-electron chi connectivity index (χ1n) is 5.75. The van der Waals surface area contributed by atoms with Crippen molar-refractivity contribution in [1.29, 1.82) is 0 Å². The zero-order chi connectivity index (χ0) is 11.1. The Kier molecular flexibility index (Phi) is 2.64. The number of pyridine rings is 1. The highest BCUT2D eigenvalue weighted by atomic mass is 79.9. The van der Waals surface area contributed by atoms with Gasteiger partial charge in [0.25, 0.3) is 0 Å². The van der Waals surface area contributed by atoms with E-state index in [1.54, 1.807) is 0 Å². The summed E-state index contributed by atoms with van der Waals surface area (Å²) >= 11 is 3.60. The van der Waals surface area contributed by atoms with Gasteiger partial charge in [-0.1, -0.05) is 0 Å². The van der Waals surface area contributed by atoms with Crippen LogP contribution in [0, 0.1) is 6.92 Å². The van der Waals surface area contributed by atoms with Crippen LogP contribution in [-0.2, 0) is 4.74 Å². The summed E-state index contributed by atoms with van der Waals surface area (Å²) < 4.78 is 6.92. The summed E-state index contributed by atoms with van der Waals surface area (Å²) in [6.45, 7) is 4.01. The molecule has 3 rings (SSSR count). The highest BCUT2D eigenvalue weighted by Gasteiger charge is 2.34. The van der Waals surface area contributed by atoms with E-state index in [1.165, 1.54) is 18.4 Å². The summed E-state index contributed by atoms with van der Waals surface area (Å²) in [4.78, 5) is 6.86. The minimum Gasteiger partial charge on any atom is -0.371 e. The molecule has 86 valence electrons. The van der Waals surface area contributed by atoms with Gasteiger partial charge in [-0.2, -0.15) is 0 Å². The van der Waals surface area contributed by atoms with Gasteiger partial charge >= 0.3 is 0 Å². The van der Waals surface area contributed by atoms with Gasteiger partial charge in [-0.15, -0.1) is 0 Å². The molecule has 0 N–H and O–H groups in total. The van der Waals surface area contributed by atoms with Crippen LogP contribution < -0.4 is 4.90 Å². The molecule has 3 nitrogen and oxygen atoms in total. The van der Waals surface area contributed by atoms with E-state index in [1.807, 2.05) is 6.20 Å². The molecule has 0 aliphatic carbocycles. The molecule has 0 saturated carbocycles. The van der Waals surface area contributed by atoms with Gasteiger partial charge in [0, 0.05) is 19.3 Å². The summed E-state index contributed by atoms with van der Waals surface area (Å²) in [6.07, 6.45) is 5.15. The number of nitrogens with zero attached hydrogens (tertiary/aromatic N) is 2. The van der Waals surface area contributed by atoms with E-state index in [2.05, 4.69) is 38.8 Å². The number of rotatable bonds is 1. The summed E-state index contributed by atoms with van der Waals surface area (Å²) in [6, 6.07) is 2.12. The molecule has 1 aromatic rings. The van der Waals surface area contributed by atoms with Crippen LogP contribution in [0.5, 0.6) is 0 Å². The minimum absolute atomic E-state index is 0.411. The lowest BCUT2D eigenvalue weighted by Gasteiger charge is -2.33. The average molecular weight is 283 g/mol. The third-order valence-corrected chi connectivity index (χ3v) is 3.89. The SMILES string of the molecule is Cc1cnc(N2CC3CCC(C2)O3)c(Br)c1. The van der Waals surface area contributed by atoms with E-state index in [-0.39, 0.29) is 0 Å². The Morgan fingerprint density at radius 2 is 2.06 bits per heavy atom. The van der Waals surface area contributed by atoms with Crippen molar-refractivity contribution in [2.45, 2.75) is 32.0 Å². The fourth-order valence-corrected chi connectivity index (χ4v) is 3.26. The molecule has 3 heterocycles. The lowest BCUT2D eigenvalue weighted by molar-refractivity contribution is 0.0302. The Bertz CT molecular complexity index is 398. The molecule has 2 aliphatic rings. The van der Waals surface area contributed by atoms with Crippen molar-refractivity contribution in [2.24, 2.45) is 0 Å². The molecule has 0 spiro atoms. The molecule has 0 amide bonds. The van der Waals surface area contributed by atoms with Crippen molar-refractivity contribution in [3.63, 3.8) is 0 Å². The molecule has 0 radical (unpaired) electrons. The van der Waals surface area contributed by atoms with Crippen LogP contribution in [0.1, 0.15) is 18.4 Å². The number of morpholine rings is 1. The van der Waals surface area contributed by atoms with Crippen molar-refractivity contribution in [2.75, 3.05) is 18.0 Å². The molecule has 1 aromatic heterocycles. The largest absolute Gasteiger partial charge is 0.371 e. The molecule has 2 bridgehead atoms. The molecule has 16 heavy (non-hydrogen) atoms. The number of fused-ring (bicyclic) bond motifs is 2. The molecule has 2 atom stereocenters. The highest BCUT2D eigenvalue weighted by Crippen LogP contribution is 2.32. The van der Waals surface area contributed by atoms with Crippen molar-refractivity contribution >= 4 is 21.7 Å². The van der Waals surface area contributed by atoms with E-state index in [4.69, 9.17) is 4.74 Å². The van der Waals surface area contributed by atoms with Crippen molar-refractivity contribution < 1.29 is 4.74 Å². The Hall–Kier alpha value is -0.610. The number of hydrogen-bond donors (Lipinski definition) is 0. The second-order valence-corrected chi connectivity index (χ2v) is 5.53. The smallest absolute Gasteiger partial charge is 0.143 e. The van der Waals surface area contributed by atoms with Gasteiger partial charge in [-0.3, -0.25) is 0 Å². The Labute approximate surface area is 104 Å². The first-order valence-corrected chi connectivity index (χ1v) is 6.54.